The van der Waals surface area contributed by atoms with Crippen molar-refractivity contribution in [2.45, 2.75) is 238 Å². The van der Waals surface area contributed by atoms with Gasteiger partial charge in [-0.2, -0.15) is 0 Å². The van der Waals surface area contributed by atoms with Crippen LogP contribution in [0.1, 0.15) is 233 Å². The Labute approximate surface area is 266 Å². The summed E-state index contributed by atoms with van der Waals surface area (Å²) in [6.07, 6.45) is 46.6. The number of hydrogen-bond donors (Lipinski definition) is 1. The van der Waals surface area contributed by atoms with Gasteiger partial charge in [0.2, 0.25) is 0 Å². The van der Waals surface area contributed by atoms with Gasteiger partial charge in [0.1, 0.15) is 0 Å². The number of nitrogens with two attached hydrogens (primary N) is 1. The summed E-state index contributed by atoms with van der Waals surface area (Å²) in [6, 6.07) is 0. The van der Waals surface area contributed by atoms with Gasteiger partial charge in [-0.05, 0) is 19.3 Å². The van der Waals surface area contributed by atoms with Gasteiger partial charge in [0, 0.05) is 5.54 Å². The van der Waals surface area contributed by atoms with Crippen molar-refractivity contribution in [1.82, 2.24) is 0 Å². The van der Waals surface area contributed by atoms with Crippen LogP contribution >= 0.6 is 24.0 Å². The molecule has 0 aromatic heterocycles. The smallest absolute Gasteiger partial charge is 0.0154 e. The first-order valence-corrected chi connectivity index (χ1v) is 18.5. The molecule has 0 saturated carbocycles. The first-order chi connectivity index (χ1) is 18.7. The molecule has 2 heteroatoms. The van der Waals surface area contributed by atoms with Crippen LogP contribution in [0.3, 0.4) is 0 Å². The van der Waals surface area contributed by atoms with E-state index in [1.165, 1.54) is 212 Å². The average Bonchev–Trinajstić information content (AvgIpc) is 2.92. The van der Waals surface area contributed by atoms with Gasteiger partial charge < -0.3 is 5.73 Å². The van der Waals surface area contributed by atoms with E-state index < -0.39 is 0 Å². The van der Waals surface area contributed by atoms with Crippen molar-refractivity contribution < 1.29 is 0 Å². The van der Waals surface area contributed by atoms with Crippen molar-refractivity contribution in [3.8, 4) is 0 Å². The van der Waals surface area contributed by atoms with Gasteiger partial charge in [-0.25, -0.2) is 0 Å². The first kappa shape index (κ1) is 41.8. The molecule has 0 unspecified atom stereocenters. The molecule has 0 atom stereocenters. The molecule has 0 aliphatic rings. The topological polar surface area (TPSA) is 26.0 Å². The molecule has 1 nitrogen and oxygen atoms in total. The zero-order chi connectivity index (χ0) is 27.8. The maximum Gasteiger partial charge on any atom is 0.0154 e. The van der Waals surface area contributed by atoms with Crippen molar-refractivity contribution in [2.75, 3.05) is 0 Å². The molecule has 0 amide bonds. The maximum atomic E-state index is 7.12. The minimum absolute atomic E-state index is 0. The Morgan fingerprint density at radius 1 is 0.282 bits per heavy atom. The zero-order valence-corrected chi connectivity index (χ0v) is 30.2. The van der Waals surface area contributed by atoms with Crippen LogP contribution in [0, 0.1) is 0 Å². The van der Waals surface area contributed by atoms with E-state index in [2.05, 4.69) is 20.8 Å². The van der Waals surface area contributed by atoms with Gasteiger partial charge in [-0.1, -0.05) is 213 Å². The molecule has 39 heavy (non-hydrogen) atoms. The highest BCUT2D eigenvalue weighted by molar-refractivity contribution is 14.0. The Morgan fingerprint density at radius 2 is 0.436 bits per heavy atom. The van der Waals surface area contributed by atoms with Gasteiger partial charge in [0.05, 0.1) is 0 Å². The van der Waals surface area contributed by atoms with Crippen LogP contribution in [0.15, 0.2) is 0 Å². The molecule has 0 aliphatic heterocycles. The Balaban J connectivity index is 0. The van der Waals surface area contributed by atoms with Gasteiger partial charge in [-0.3, -0.25) is 0 Å². The number of hydrogen-bond acceptors (Lipinski definition) is 1. The van der Waals surface area contributed by atoms with E-state index in [0.29, 0.717) is 0 Å². The largest absolute Gasteiger partial charge is 0.325 e. The van der Waals surface area contributed by atoms with Crippen LogP contribution in [-0.4, -0.2) is 5.54 Å². The molecule has 0 bridgehead atoms. The Bertz CT molecular complexity index is 364. The summed E-state index contributed by atoms with van der Waals surface area (Å²) in [5.41, 5.74) is 7.25. The van der Waals surface area contributed by atoms with Crippen molar-refractivity contribution in [2.24, 2.45) is 5.73 Å². The summed E-state index contributed by atoms with van der Waals surface area (Å²) in [5.74, 6) is 0. The molecule has 0 saturated heterocycles. The summed E-state index contributed by atoms with van der Waals surface area (Å²) in [7, 11) is 0. The molecule has 2 N–H and O–H groups in total. The second kappa shape index (κ2) is 34.9. The highest BCUT2D eigenvalue weighted by Gasteiger charge is 2.23. The minimum atomic E-state index is 0. The lowest BCUT2D eigenvalue weighted by Gasteiger charge is -2.30. The number of rotatable bonds is 33. The van der Waals surface area contributed by atoms with Crippen LogP contribution in [0.2, 0.25) is 0 Å². The number of halogens is 1. The maximum absolute atomic E-state index is 7.12. The molecular formula is C37H78IN. The van der Waals surface area contributed by atoms with Crippen molar-refractivity contribution in [1.29, 1.82) is 0 Å². The standard InChI is InChI=1S/C37H77N.HI/c1-4-7-10-13-16-19-22-25-28-31-34-37(38,35-32-29-26-23-20-17-14-11-8-5-2)36-33-30-27-24-21-18-15-12-9-6-3;/h4-36,38H2,1-3H3;1H. The molecule has 0 heterocycles. The Hall–Kier alpha value is 0.690. The second-order valence-corrected chi connectivity index (χ2v) is 13.2. The SMILES string of the molecule is CCCCCCCCCCCCC(N)(CCCCCCCCCCCC)CCCCCCCCCCCC.I. The lowest BCUT2D eigenvalue weighted by Crippen LogP contribution is -2.39. The quantitative estimate of drug-likeness (QED) is 0.0549. The van der Waals surface area contributed by atoms with Crippen LogP contribution in [0.5, 0.6) is 0 Å². The Kier molecular flexibility index (Phi) is 37.4. The highest BCUT2D eigenvalue weighted by Crippen LogP contribution is 2.27. The normalized spacial score (nSPS) is 11.7. The van der Waals surface area contributed by atoms with E-state index in [1.807, 2.05) is 0 Å². The van der Waals surface area contributed by atoms with E-state index in [-0.39, 0.29) is 29.5 Å². The summed E-state index contributed by atoms with van der Waals surface area (Å²) in [6.45, 7) is 6.93. The van der Waals surface area contributed by atoms with Gasteiger partial charge in [0.15, 0.2) is 0 Å². The minimum Gasteiger partial charge on any atom is -0.325 e. The molecule has 0 radical (unpaired) electrons. The molecule has 0 fully saturated rings. The summed E-state index contributed by atoms with van der Waals surface area (Å²) >= 11 is 0. The van der Waals surface area contributed by atoms with Gasteiger partial charge in [0.25, 0.3) is 0 Å². The van der Waals surface area contributed by atoms with Crippen LogP contribution in [0.4, 0.5) is 0 Å². The molecule has 0 aromatic rings. The van der Waals surface area contributed by atoms with E-state index >= 15 is 0 Å². The number of unbranched alkanes of at least 4 members (excludes halogenated alkanes) is 27. The van der Waals surface area contributed by atoms with Crippen molar-refractivity contribution in [3.63, 3.8) is 0 Å². The van der Waals surface area contributed by atoms with Crippen LogP contribution in [-0.2, 0) is 0 Å². The van der Waals surface area contributed by atoms with Gasteiger partial charge in [-0.15, -0.1) is 24.0 Å². The third-order valence-corrected chi connectivity index (χ3v) is 9.08. The molecule has 0 aliphatic carbocycles. The lowest BCUT2D eigenvalue weighted by atomic mass is 9.82. The van der Waals surface area contributed by atoms with Gasteiger partial charge >= 0.3 is 0 Å². The molecule has 238 valence electrons. The second-order valence-electron chi connectivity index (χ2n) is 13.2. The van der Waals surface area contributed by atoms with E-state index in [4.69, 9.17) is 5.73 Å². The van der Waals surface area contributed by atoms with E-state index in [1.54, 1.807) is 0 Å². The molecule has 0 rings (SSSR count). The van der Waals surface area contributed by atoms with Crippen molar-refractivity contribution in [3.05, 3.63) is 0 Å². The van der Waals surface area contributed by atoms with Crippen molar-refractivity contribution >= 4 is 24.0 Å². The fraction of sp³-hybridized carbons (Fsp3) is 1.00. The Morgan fingerprint density at radius 3 is 0.615 bits per heavy atom. The summed E-state index contributed by atoms with van der Waals surface area (Å²) in [5, 5.41) is 0. The van der Waals surface area contributed by atoms with E-state index in [0.717, 1.165) is 0 Å². The summed E-state index contributed by atoms with van der Waals surface area (Å²) < 4.78 is 0. The molecule has 0 aromatic carbocycles. The zero-order valence-electron chi connectivity index (χ0n) is 27.8. The fourth-order valence-corrected chi connectivity index (χ4v) is 6.27. The lowest BCUT2D eigenvalue weighted by molar-refractivity contribution is 0.302. The predicted octanol–water partition coefficient (Wildman–Crippen LogP) is 14.2. The van der Waals surface area contributed by atoms with E-state index in [9.17, 15) is 0 Å². The fourth-order valence-electron chi connectivity index (χ4n) is 6.27. The first-order valence-electron chi connectivity index (χ1n) is 18.5. The predicted molar refractivity (Wildman–Crippen MR) is 192 cm³/mol. The van der Waals surface area contributed by atoms with Crippen LogP contribution < -0.4 is 5.73 Å². The molecular weight excluding hydrogens is 585 g/mol. The third kappa shape index (κ3) is 33.1. The average molecular weight is 664 g/mol. The summed E-state index contributed by atoms with van der Waals surface area (Å²) in [4.78, 5) is 0. The molecule has 0 spiro atoms. The third-order valence-electron chi connectivity index (χ3n) is 9.08. The van der Waals surface area contributed by atoms with Crippen LogP contribution in [0.25, 0.3) is 0 Å². The highest BCUT2D eigenvalue weighted by atomic mass is 127. The monoisotopic (exact) mass is 664 g/mol.